The molecule has 0 bridgehead atoms. The minimum atomic E-state index is 0.0346. The number of nitrogens with one attached hydrogen (secondary N) is 1. The maximum Gasteiger partial charge on any atom is 0.272 e. The van der Waals surface area contributed by atoms with Gasteiger partial charge in [0, 0.05) is 24.3 Å². The lowest BCUT2D eigenvalue weighted by molar-refractivity contribution is 0.0683. The number of hydrogen-bond acceptors (Lipinski definition) is 3. The van der Waals surface area contributed by atoms with Crippen molar-refractivity contribution < 1.29 is 4.79 Å². The van der Waals surface area contributed by atoms with Crippen molar-refractivity contribution in [2.75, 3.05) is 13.1 Å². The lowest BCUT2D eigenvalue weighted by Gasteiger charge is -2.29. The molecule has 0 aliphatic carbocycles. The summed E-state index contributed by atoms with van der Waals surface area (Å²) in [5.41, 5.74) is 1.43. The van der Waals surface area contributed by atoms with Gasteiger partial charge in [-0.3, -0.25) is 4.79 Å². The van der Waals surface area contributed by atoms with Crippen LogP contribution in [0.4, 0.5) is 0 Å². The number of aryl methyl sites for hydroxylation is 1. The van der Waals surface area contributed by atoms with Crippen LogP contribution in [0.15, 0.2) is 18.2 Å². The molecule has 4 nitrogen and oxygen atoms in total. The number of rotatable bonds is 4. The molecule has 4 heteroatoms. The molecule has 19 heavy (non-hydrogen) atoms. The highest BCUT2D eigenvalue weighted by molar-refractivity contribution is 5.92. The second-order valence-corrected chi connectivity index (χ2v) is 5.51. The highest BCUT2D eigenvalue weighted by Crippen LogP contribution is 2.12. The van der Waals surface area contributed by atoms with Crippen LogP contribution in [0.5, 0.6) is 0 Å². The van der Waals surface area contributed by atoms with Gasteiger partial charge in [0.05, 0.1) is 0 Å². The van der Waals surface area contributed by atoms with E-state index < -0.39 is 0 Å². The molecule has 1 fully saturated rings. The first kappa shape index (κ1) is 14.0. The van der Waals surface area contributed by atoms with Crippen LogP contribution in [0.2, 0.25) is 0 Å². The van der Waals surface area contributed by atoms with Crippen LogP contribution in [-0.2, 0) is 0 Å². The monoisotopic (exact) mass is 261 g/mol. The lowest BCUT2D eigenvalue weighted by atomic mass is 10.1. The molecule has 0 spiro atoms. The van der Waals surface area contributed by atoms with Crippen molar-refractivity contribution >= 4 is 5.91 Å². The van der Waals surface area contributed by atoms with E-state index in [0.29, 0.717) is 11.7 Å². The fraction of sp³-hybridized carbons (Fsp3) is 0.600. The average Bonchev–Trinajstić information content (AvgIpc) is 2.87. The Kier molecular flexibility index (Phi) is 4.53. The highest BCUT2D eigenvalue weighted by Gasteiger charge is 2.25. The molecule has 1 unspecified atom stereocenters. The summed E-state index contributed by atoms with van der Waals surface area (Å²) >= 11 is 0. The van der Waals surface area contributed by atoms with E-state index in [9.17, 15) is 4.79 Å². The van der Waals surface area contributed by atoms with Gasteiger partial charge in [0.2, 0.25) is 0 Å². The second kappa shape index (κ2) is 6.15. The second-order valence-electron chi connectivity index (χ2n) is 5.51. The van der Waals surface area contributed by atoms with Gasteiger partial charge in [-0.1, -0.05) is 6.07 Å². The fourth-order valence-corrected chi connectivity index (χ4v) is 2.49. The maximum atomic E-state index is 12.6. The Morgan fingerprint density at radius 3 is 2.89 bits per heavy atom. The van der Waals surface area contributed by atoms with Gasteiger partial charge in [0.1, 0.15) is 5.69 Å². The van der Waals surface area contributed by atoms with Gasteiger partial charge in [-0.05, 0) is 52.3 Å². The van der Waals surface area contributed by atoms with E-state index in [4.69, 9.17) is 0 Å². The van der Waals surface area contributed by atoms with E-state index in [1.807, 2.05) is 24.0 Å². The molecule has 1 aliphatic rings. The Bertz CT molecular complexity index is 439. The SMILES string of the molecule is Cc1cccc(C(=O)N(CC2CCCN2)C(C)C)n1. The zero-order valence-corrected chi connectivity index (χ0v) is 12.0. The molecule has 2 rings (SSSR count). The van der Waals surface area contributed by atoms with Gasteiger partial charge < -0.3 is 10.2 Å². The molecule has 2 heterocycles. The number of pyridine rings is 1. The van der Waals surface area contributed by atoms with Crippen LogP contribution in [0, 0.1) is 6.92 Å². The minimum absolute atomic E-state index is 0.0346. The van der Waals surface area contributed by atoms with E-state index in [0.717, 1.165) is 25.2 Å². The Labute approximate surface area is 115 Å². The van der Waals surface area contributed by atoms with Crippen LogP contribution < -0.4 is 5.32 Å². The first-order chi connectivity index (χ1) is 9.08. The lowest BCUT2D eigenvalue weighted by Crippen LogP contribution is -2.45. The third kappa shape index (κ3) is 3.53. The molecular weight excluding hydrogens is 238 g/mol. The normalized spacial score (nSPS) is 18.8. The molecule has 1 saturated heterocycles. The minimum Gasteiger partial charge on any atom is -0.333 e. The number of nitrogens with zero attached hydrogens (tertiary/aromatic N) is 2. The zero-order valence-electron chi connectivity index (χ0n) is 12.0. The van der Waals surface area contributed by atoms with E-state index in [1.165, 1.54) is 6.42 Å². The van der Waals surface area contributed by atoms with Crippen molar-refractivity contribution in [3.05, 3.63) is 29.6 Å². The average molecular weight is 261 g/mol. The number of aromatic nitrogens is 1. The van der Waals surface area contributed by atoms with E-state index in [2.05, 4.69) is 24.1 Å². The molecule has 0 aromatic carbocycles. The number of carbonyl (C=O) groups is 1. The Morgan fingerprint density at radius 2 is 2.32 bits per heavy atom. The molecule has 1 aromatic rings. The van der Waals surface area contributed by atoms with Gasteiger partial charge in [-0.2, -0.15) is 0 Å². The Balaban J connectivity index is 2.11. The third-order valence-electron chi connectivity index (χ3n) is 3.57. The number of carbonyl (C=O) groups excluding carboxylic acids is 1. The molecule has 104 valence electrons. The molecular formula is C15H23N3O. The zero-order chi connectivity index (χ0) is 13.8. The standard InChI is InChI=1S/C15H23N3O/c1-11(2)18(10-13-7-5-9-16-13)15(19)14-8-4-6-12(3)17-14/h4,6,8,11,13,16H,5,7,9-10H2,1-3H3. The molecule has 1 amide bonds. The van der Waals surface area contributed by atoms with E-state index in [1.54, 1.807) is 6.07 Å². The molecule has 0 radical (unpaired) electrons. The van der Waals surface area contributed by atoms with E-state index in [-0.39, 0.29) is 11.9 Å². The largest absolute Gasteiger partial charge is 0.333 e. The Morgan fingerprint density at radius 1 is 1.53 bits per heavy atom. The summed E-state index contributed by atoms with van der Waals surface area (Å²) in [5.74, 6) is 0.0346. The van der Waals surface area contributed by atoms with Crippen molar-refractivity contribution in [3.8, 4) is 0 Å². The van der Waals surface area contributed by atoms with Crippen molar-refractivity contribution in [1.82, 2.24) is 15.2 Å². The topological polar surface area (TPSA) is 45.2 Å². The van der Waals surface area contributed by atoms with Crippen LogP contribution in [0.1, 0.15) is 42.9 Å². The smallest absolute Gasteiger partial charge is 0.272 e. The summed E-state index contributed by atoms with van der Waals surface area (Å²) in [4.78, 5) is 18.8. The molecule has 1 aliphatic heterocycles. The maximum absolute atomic E-state index is 12.6. The van der Waals surface area contributed by atoms with Crippen molar-refractivity contribution in [2.45, 2.75) is 45.7 Å². The summed E-state index contributed by atoms with van der Waals surface area (Å²) in [7, 11) is 0. The first-order valence-corrected chi connectivity index (χ1v) is 7.06. The Hall–Kier alpha value is -1.42. The van der Waals surface area contributed by atoms with Crippen molar-refractivity contribution in [3.63, 3.8) is 0 Å². The quantitative estimate of drug-likeness (QED) is 0.901. The van der Waals surface area contributed by atoms with Gasteiger partial charge in [-0.25, -0.2) is 4.98 Å². The summed E-state index contributed by atoms with van der Waals surface area (Å²) in [6, 6.07) is 6.22. The van der Waals surface area contributed by atoms with Crippen LogP contribution >= 0.6 is 0 Å². The van der Waals surface area contributed by atoms with Gasteiger partial charge >= 0.3 is 0 Å². The van der Waals surface area contributed by atoms with Crippen LogP contribution in [0.3, 0.4) is 0 Å². The van der Waals surface area contributed by atoms with Gasteiger partial charge in [-0.15, -0.1) is 0 Å². The van der Waals surface area contributed by atoms with Crippen LogP contribution in [-0.4, -0.2) is 41.0 Å². The molecule has 1 N–H and O–H groups in total. The summed E-state index contributed by atoms with van der Waals surface area (Å²) in [6.07, 6.45) is 2.35. The number of amides is 1. The summed E-state index contributed by atoms with van der Waals surface area (Å²) in [6.45, 7) is 7.86. The van der Waals surface area contributed by atoms with E-state index >= 15 is 0 Å². The fourth-order valence-electron chi connectivity index (χ4n) is 2.49. The highest BCUT2D eigenvalue weighted by atomic mass is 16.2. The summed E-state index contributed by atoms with van der Waals surface area (Å²) < 4.78 is 0. The van der Waals surface area contributed by atoms with Gasteiger partial charge in [0.15, 0.2) is 0 Å². The summed E-state index contributed by atoms with van der Waals surface area (Å²) in [5, 5.41) is 3.45. The van der Waals surface area contributed by atoms with Crippen molar-refractivity contribution in [1.29, 1.82) is 0 Å². The van der Waals surface area contributed by atoms with Crippen molar-refractivity contribution in [2.24, 2.45) is 0 Å². The first-order valence-electron chi connectivity index (χ1n) is 7.06. The van der Waals surface area contributed by atoms with Crippen LogP contribution in [0.25, 0.3) is 0 Å². The third-order valence-corrected chi connectivity index (χ3v) is 3.57. The molecule has 1 aromatic heterocycles. The predicted octanol–water partition coefficient (Wildman–Crippen LogP) is 1.99. The number of hydrogen-bond donors (Lipinski definition) is 1. The molecule has 0 saturated carbocycles. The predicted molar refractivity (Wildman–Crippen MR) is 76.2 cm³/mol. The molecule has 1 atom stereocenters. The van der Waals surface area contributed by atoms with Gasteiger partial charge in [0.25, 0.3) is 5.91 Å².